The summed E-state index contributed by atoms with van der Waals surface area (Å²) in [6.07, 6.45) is 0.346. The highest BCUT2D eigenvalue weighted by molar-refractivity contribution is 7.99. The van der Waals surface area contributed by atoms with Gasteiger partial charge in [0.1, 0.15) is 0 Å². The number of ether oxygens (including phenoxy) is 1. The van der Waals surface area contributed by atoms with Crippen LogP contribution in [0.4, 0.5) is 0 Å². The quantitative estimate of drug-likeness (QED) is 0.776. The van der Waals surface area contributed by atoms with E-state index in [4.69, 9.17) is 4.74 Å². The third kappa shape index (κ3) is 4.15. The smallest absolute Gasteiger partial charge is 0.209 e. The first-order chi connectivity index (χ1) is 8.97. The lowest BCUT2D eigenvalue weighted by Gasteiger charge is -2.30. The van der Waals surface area contributed by atoms with Gasteiger partial charge in [0.05, 0.1) is 18.2 Å². The highest BCUT2D eigenvalue weighted by atomic mass is 32.2. The molecule has 0 bridgehead atoms. The van der Waals surface area contributed by atoms with Crippen LogP contribution < -0.4 is 0 Å². The zero-order valence-electron chi connectivity index (χ0n) is 12.2. The Morgan fingerprint density at radius 1 is 1.42 bits per heavy atom. The first-order valence-corrected chi connectivity index (χ1v) is 7.71. The Labute approximate surface area is 118 Å². The van der Waals surface area contributed by atoms with Crippen molar-refractivity contribution in [2.45, 2.75) is 44.5 Å². The maximum absolute atomic E-state index is 5.54. The maximum atomic E-state index is 5.54. The first-order valence-electron chi connectivity index (χ1n) is 6.72. The van der Waals surface area contributed by atoms with Crippen LogP contribution in [-0.4, -0.2) is 63.2 Å². The van der Waals surface area contributed by atoms with E-state index in [1.165, 1.54) is 0 Å². The van der Waals surface area contributed by atoms with E-state index in [1.54, 1.807) is 11.8 Å². The summed E-state index contributed by atoms with van der Waals surface area (Å²) in [6, 6.07) is 0. The Kier molecular flexibility index (Phi) is 4.81. The van der Waals surface area contributed by atoms with Crippen LogP contribution in [0.5, 0.6) is 0 Å². The minimum Gasteiger partial charge on any atom is -0.376 e. The Morgan fingerprint density at radius 2 is 2.21 bits per heavy atom. The number of nitrogens with zero attached hydrogens (tertiary/aromatic N) is 5. The van der Waals surface area contributed by atoms with Gasteiger partial charge < -0.3 is 4.74 Å². The summed E-state index contributed by atoms with van der Waals surface area (Å²) in [4.78, 5) is 2.44. The third-order valence-electron chi connectivity index (χ3n) is 3.04. The van der Waals surface area contributed by atoms with Crippen LogP contribution in [-0.2, 0) is 10.3 Å². The van der Waals surface area contributed by atoms with Crippen LogP contribution in [0.1, 0.15) is 27.7 Å². The Hall–Kier alpha value is -0.660. The van der Waals surface area contributed by atoms with Crippen molar-refractivity contribution >= 4 is 11.8 Å². The Bertz CT molecular complexity index is 403. The number of aromatic nitrogens is 4. The molecule has 19 heavy (non-hydrogen) atoms. The van der Waals surface area contributed by atoms with Gasteiger partial charge in [0.15, 0.2) is 0 Å². The van der Waals surface area contributed by atoms with Gasteiger partial charge in [-0.15, -0.1) is 5.10 Å². The summed E-state index contributed by atoms with van der Waals surface area (Å²) >= 11 is 1.72. The highest BCUT2D eigenvalue weighted by Gasteiger charge is 2.21. The number of hydrogen-bond acceptors (Lipinski definition) is 6. The van der Waals surface area contributed by atoms with E-state index in [1.807, 2.05) is 4.68 Å². The Balaban J connectivity index is 1.81. The van der Waals surface area contributed by atoms with E-state index in [0.29, 0.717) is 6.10 Å². The van der Waals surface area contributed by atoms with Crippen LogP contribution in [0, 0.1) is 0 Å². The number of rotatable bonds is 4. The molecule has 0 radical (unpaired) electrons. The first kappa shape index (κ1) is 14.7. The monoisotopic (exact) mass is 285 g/mol. The van der Waals surface area contributed by atoms with Crippen molar-refractivity contribution in [3.63, 3.8) is 0 Å². The highest BCUT2D eigenvalue weighted by Crippen LogP contribution is 2.21. The van der Waals surface area contributed by atoms with E-state index < -0.39 is 0 Å². The minimum atomic E-state index is -0.0701. The average molecular weight is 285 g/mol. The summed E-state index contributed by atoms with van der Waals surface area (Å²) in [7, 11) is 0. The third-order valence-corrected chi connectivity index (χ3v) is 3.94. The predicted octanol–water partition coefficient (Wildman–Crippen LogP) is 1.24. The maximum Gasteiger partial charge on any atom is 0.209 e. The molecule has 1 aliphatic heterocycles. The van der Waals surface area contributed by atoms with Crippen molar-refractivity contribution in [1.29, 1.82) is 0 Å². The molecule has 2 rings (SSSR count). The van der Waals surface area contributed by atoms with Gasteiger partial charge >= 0.3 is 0 Å². The number of thioether (sulfide) groups is 1. The Morgan fingerprint density at radius 3 is 2.89 bits per heavy atom. The lowest BCUT2D eigenvalue weighted by atomic mass is 10.1. The van der Waals surface area contributed by atoms with Crippen molar-refractivity contribution < 1.29 is 4.74 Å². The molecule has 1 fully saturated rings. The van der Waals surface area contributed by atoms with Gasteiger partial charge in [0.2, 0.25) is 5.16 Å². The van der Waals surface area contributed by atoms with Crippen molar-refractivity contribution in [1.82, 2.24) is 25.1 Å². The summed E-state index contributed by atoms with van der Waals surface area (Å²) < 4.78 is 7.43. The van der Waals surface area contributed by atoms with Crippen LogP contribution >= 0.6 is 11.8 Å². The van der Waals surface area contributed by atoms with E-state index in [2.05, 4.69) is 48.1 Å². The molecule has 0 unspecified atom stereocenters. The second kappa shape index (κ2) is 6.19. The van der Waals surface area contributed by atoms with Gasteiger partial charge in [-0.05, 0) is 38.1 Å². The molecule has 0 aliphatic carbocycles. The minimum absolute atomic E-state index is 0.0701. The molecule has 1 aliphatic rings. The van der Waals surface area contributed by atoms with E-state index >= 15 is 0 Å². The van der Waals surface area contributed by atoms with Gasteiger partial charge in [0.25, 0.3) is 0 Å². The SMILES string of the molecule is C[C@H]1CN(CCSc2nnnn2C(C)(C)C)CCO1. The number of hydrogen-bond donors (Lipinski definition) is 0. The number of tetrazole rings is 1. The van der Waals surface area contributed by atoms with Gasteiger partial charge in [-0.2, -0.15) is 0 Å². The fourth-order valence-electron chi connectivity index (χ4n) is 2.05. The molecular weight excluding hydrogens is 262 g/mol. The predicted molar refractivity (Wildman–Crippen MR) is 75.4 cm³/mol. The largest absolute Gasteiger partial charge is 0.376 e. The molecule has 0 aromatic carbocycles. The lowest BCUT2D eigenvalue weighted by molar-refractivity contribution is -0.0158. The molecule has 2 heterocycles. The van der Waals surface area contributed by atoms with Crippen molar-refractivity contribution in [2.75, 3.05) is 32.0 Å². The van der Waals surface area contributed by atoms with Gasteiger partial charge in [-0.3, -0.25) is 4.90 Å². The zero-order chi connectivity index (χ0) is 13.9. The van der Waals surface area contributed by atoms with E-state index in [-0.39, 0.29) is 5.54 Å². The molecule has 1 saturated heterocycles. The van der Waals surface area contributed by atoms with Crippen LogP contribution in [0.2, 0.25) is 0 Å². The molecule has 0 spiro atoms. The van der Waals surface area contributed by atoms with E-state index in [9.17, 15) is 0 Å². The van der Waals surface area contributed by atoms with Crippen molar-refractivity contribution in [3.8, 4) is 0 Å². The molecular formula is C12H23N5OS. The van der Waals surface area contributed by atoms with Crippen LogP contribution in [0.25, 0.3) is 0 Å². The molecule has 0 N–H and O–H groups in total. The summed E-state index contributed by atoms with van der Waals surface area (Å²) in [5.74, 6) is 1.00. The fourth-order valence-corrected chi connectivity index (χ4v) is 3.11. The molecule has 0 amide bonds. The van der Waals surface area contributed by atoms with Crippen molar-refractivity contribution in [3.05, 3.63) is 0 Å². The second-order valence-electron chi connectivity index (χ2n) is 5.87. The van der Waals surface area contributed by atoms with Crippen LogP contribution in [0.15, 0.2) is 5.16 Å². The molecule has 7 heteroatoms. The fraction of sp³-hybridized carbons (Fsp3) is 0.917. The standard InChI is InChI=1S/C12H23N5OS/c1-10-9-16(5-7-18-10)6-8-19-11-13-14-15-17(11)12(2,3)4/h10H,5-9H2,1-4H3/t10-/m0/s1. The zero-order valence-corrected chi connectivity index (χ0v) is 13.0. The normalized spacial score (nSPS) is 21.8. The summed E-state index contributed by atoms with van der Waals surface area (Å²) in [5.41, 5.74) is -0.0701. The molecule has 6 nitrogen and oxygen atoms in total. The van der Waals surface area contributed by atoms with Crippen LogP contribution in [0.3, 0.4) is 0 Å². The lowest BCUT2D eigenvalue weighted by Crippen LogP contribution is -2.42. The molecule has 1 aromatic heterocycles. The second-order valence-corrected chi connectivity index (χ2v) is 6.94. The molecule has 1 aromatic rings. The van der Waals surface area contributed by atoms with Crippen molar-refractivity contribution in [2.24, 2.45) is 0 Å². The molecule has 0 saturated carbocycles. The van der Waals surface area contributed by atoms with E-state index in [0.717, 1.165) is 37.2 Å². The van der Waals surface area contributed by atoms with Gasteiger partial charge in [0, 0.05) is 25.4 Å². The number of morpholine rings is 1. The average Bonchev–Trinajstić information content (AvgIpc) is 2.77. The molecule has 108 valence electrons. The van der Waals surface area contributed by atoms with Gasteiger partial charge in [-0.25, -0.2) is 4.68 Å². The topological polar surface area (TPSA) is 56.1 Å². The summed E-state index contributed by atoms with van der Waals surface area (Å²) in [5, 5.41) is 12.8. The molecule has 1 atom stereocenters. The van der Waals surface area contributed by atoms with Gasteiger partial charge in [-0.1, -0.05) is 11.8 Å². The summed E-state index contributed by atoms with van der Waals surface area (Å²) in [6.45, 7) is 12.4.